The molecular weight excluding hydrogens is 526 g/mol. The van der Waals surface area contributed by atoms with Crippen LogP contribution < -0.4 is 16.0 Å². The summed E-state index contributed by atoms with van der Waals surface area (Å²) in [5.74, 6) is -2.06. The fraction of sp³-hybridized carbons (Fsp3) is 0.333. The van der Waals surface area contributed by atoms with Crippen LogP contribution in [0.25, 0.3) is 0 Å². The van der Waals surface area contributed by atoms with Gasteiger partial charge in [-0.05, 0) is 30.2 Å². The number of hydrogen-bond donors (Lipinski definition) is 3. The molecule has 2 fully saturated rings. The Morgan fingerprint density at radius 2 is 2.19 bits per heavy atom. The fourth-order valence-corrected chi connectivity index (χ4v) is 6.19. The number of nitrogens with two attached hydrogens (primary N) is 1. The molecule has 192 valence electrons. The second kappa shape index (κ2) is 9.44. The largest absolute Gasteiger partial charge is 0.477 e. The summed E-state index contributed by atoms with van der Waals surface area (Å²) in [4.78, 5) is 68.3. The van der Waals surface area contributed by atoms with Crippen molar-refractivity contribution in [2.75, 3.05) is 22.9 Å². The van der Waals surface area contributed by atoms with E-state index < -0.39 is 35.2 Å². The van der Waals surface area contributed by atoms with Crippen molar-refractivity contribution in [1.82, 2.24) is 20.4 Å². The van der Waals surface area contributed by atoms with Crippen LogP contribution in [0.15, 0.2) is 44.1 Å². The van der Waals surface area contributed by atoms with Crippen molar-refractivity contribution in [2.24, 2.45) is 5.18 Å². The first-order chi connectivity index (χ1) is 17.7. The molecule has 3 amide bonds. The molecule has 3 aliphatic heterocycles. The molecule has 2 aromatic heterocycles. The standard InChI is InChI=1S/C21H19N7O7S2/c1-8-4-12(26-35-8)27-3-2-9(17(27)30)5-10-6-36-19-14(18(31)28(19)15(10)20(32)33)24-16(29)13(25-34)11-7-37-21(22)23-11/h4-5,7,13-14,19H,2-3,6H2,1H3,(H2,22,23)(H,24,29)(H,32,33)/t13?,14-,19-/m1/s1. The molecular formula is C21H19N7O7S2. The minimum atomic E-state index is -1.50. The van der Waals surface area contributed by atoms with Crippen molar-refractivity contribution >= 4 is 57.7 Å². The number of fused-ring (bicyclic) bond motifs is 1. The number of nitroso groups, excluding NO2 is 1. The van der Waals surface area contributed by atoms with Gasteiger partial charge in [0.15, 0.2) is 10.9 Å². The van der Waals surface area contributed by atoms with Gasteiger partial charge in [0.1, 0.15) is 22.9 Å². The van der Waals surface area contributed by atoms with Crippen LogP contribution in [-0.4, -0.2) is 67.6 Å². The fourth-order valence-electron chi connectivity index (χ4n) is 4.31. The lowest BCUT2D eigenvalue weighted by Crippen LogP contribution is -2.70. The second-order valence-corrected chi connectivity index (χ2v) is 10.4. The molecule has 37 heavy (non-hydrogen) atoms. The van der Waals surface area contributed by atoms with Crippen LogP contribution >= 0.6 is 23.1 Å². The number of allylic oxidation sites excluding steroid dienone is 1. The maximum atomic E-state index is 12.9. The maximum absolute atomic E-state index is 12.9. The van der Waals surface area contributed by atoms with Crippen molar-refractivity contribution in [2.45, 2.75) is 30.8 Å². The monoisotopic (exact) mass is 545 g/mol. The molecule has 0 aromatic carbocycles. The Morgan fingerprint density at radius 3 is 2.81 bits per heavy atom. The van der Waals surface area contributed by atoms with E-state index in [1.54, 1.807) is 13.0 Å². The average Bonchev–Trinajstić information content (AvgIpc) is 3.58. The molecule has 0 bridgehead atoms. The lowest BCUT2D eigenvalue weighted by atomic mass is 10.0. The number of aromatic nitrogens is 2. The van der Waals surface area contributed by atoms with Crippen LogP contribution in [0.5, 0.6) is 0 Å². The number of thioether (sulfide) groups is 1. The molecule has 3 aliphatic rings. The number of amides is 3. The van der Waals surface area contributed by atoms with Gasteiger partial charge < -0.3 is 20.7 Å². The SMILES string of the molecule is Cc1cc(N2CCC(=CC3=C(C(=O)O)N4C(=O)[C@@H](NC(=O)C(N=O)c5csc(N)n5)[C@H]4SC3)C2=O)no1. The Kier molecular flexibility index (Phi) is 6.28. The average molecular weight is 546 g/mol. The van der Waals surface area contributed by atoms with Gasteiger partial charge in [-0.15, -0.1) is 28.0 Å². The molecule has 5 rings (SSSR count). The lowest BCUT2D eigenvalue weighted by molar-refractivity contribution is -0.150. The summed E-state index contributed by atoms with van der Waals surface area (Å²) in [5, 5.41) is 19.9. The number of thiazole rings is 1. The molecule has 3 atom stereocenters. The molecule has 2 saturated heterocycles. The zero-order valence-corrected chi connectivity index (χ0v) is 20.7. The first-order valence-electron chi connectivity index (χ1n) is 10.9. The number of carboxylic acid groups (broad SMARTS) is 1. The van der Waals surface area contributed by atoms with E-state index in [1.807, 2.05) is 0 Å². The normalized spacial score (nSPS) is 23.2. The number of rotatable bonds is 7. The zero-order chi connectivity index (χ0) is 26.4. The summed E-state index contributed by atoms with van der Waals surface area (Å²) >= 11 is 2.27. The van der Waals surface area contributed by atoms with Gasteiger partial charge in [0, 0.05) is 29.3 Å². The lowest BCUT2D eigenvalue weighted by Gasteiger charge is -2.49. The van der Waals surface area contributed by atoms with Crippen LogP contribution in [-0.2, 0) is 19.2 Å². The van der Waals surface area contributed by atoms with E-state index in [2.05, 4.69) is 20.6 Å². The van der Waals surface area contributed by atoms with Crippen LogP contribution in [0.1, 0.15) is 23.9 Å². The Morgan fingerprint density at radius 1 is 1.41 bits per heavy atom. The van der Waals surface area contributed by atoms with E-state index in [0.717, 1.165) is 16.2 Å². The number of nitrogens with one attached hydrogen (secondary N) is 1. The quantitative estimate of drug-likeness (QED) is 0.254. The van der Waals surface area contributed by atoms with Gasteiger partial charge in [0.25, 0.3) is 17.7 Å². The molecule has 5 heterocycles. The highest BCUT2D eigenvalue weighted by Gasteiger charge is 2.54. The zero-order valence-electron chi connectivity index (χ0n) is 19.1. The summed E-state index contributed by atoms with van der Waals surface area (Å²) in [6, 6.07) is -0.922. The third-order valence-corrected chi connectivity index (χ3v) is 8.03. The van der Waals surface area contributed by atoms with Crippen molar-refractivity contribution < 1.29 is 28.8 Å². The van der Waals surface area contributed by atoms with E-state index in [9.17, 15) is 29.2 Å². The van der Waals surface area contributed by atoms with E-state index in [0.29, 0.717) is 35.7 Å². The minimum absolute atomic E-state index is 0.0611. The van der Waals surface area contributed by atoms with Crippen molar-refractivity contribution in [1.29, 1.82) is 0 Å². The number of aryl methyl sites for hydroxylation is 1. The van der Waals surface area contributed by atoms with Gasteiger partial charge in [-0.3, -0.25) is 24.2 Å². The first kappa shape index (κ1) is 24.6. The summed E-state index contributed by atoms with van der Waals surface area (Å²) in [5.41, 5.74) is 6.04. The Hall–Kier alpha value is -4.05. The van der Waals surface area contributed by atoms with Crippen LogP contribution in [0.3, 0.4) is 0 Å². The van der Waals surface area contributed by atoms with Gasteiger partial charge in [0.2, 0.25) is 6.04 Å². The highest BCUT2D eigenvalue weighted by Crippen LogP contribution is 2.41. The van der Waals surface area contributed by atoms with E-state index in [-0.39, 0.29) is 28.2 Å². The van der Waals surface area contributed by atoms with E-state index in [1.165, 1.54) is 28.1 Å². The summed E-state index contributed by atoms with van der Waals surface area (Å²) in [7, 11) is 0. The topological polar surface area (TPSA) is 201 Å². The molecule has 0 saturated carbocycles. The predicted octanol–water partition coefficient (Wildman–Crippen LogP) is 0.931. The summed E-state index contributed by atoms with van der Waals surface area (Å²) < 4.78 is 5.03. The molecule has 2 aromatic rings. The number of hydrogen-bond acceptors (Lipinski definition) is 12. The van der Waals surface area contributed by atoms with E-state index in [4.69, 9.17) is 10.3 Å². The number of aliphatic carboxylic acids is 1. The van der Waals surface area contributed by atoms with Crippen molar-refractivity contribution in [3.05, 3.63) is 50.7 Å². The number of carboxylic acids is 1. The number of β-lactam (4-membered cyclic amide) rings is 1. The highest BCUT2D eigenvalue weighted by atomic mass is 32.2. The summed E-state index contributed by atoms with van der Waals surface area (Å²) in [6.07, 6.45) is 1.86. The molecule has 0 spiro atoms. The Balaban J connectivity index is 1.34. The number of carbonyl (C=O) groups is 4. The number of nitrogens with zero attached hydrogens (tertiary/aromatic N) is 5. The minimum Gasteiger partial charge on any atom is -0.477 e. The molecule has 1 unspecified atom stereocenters. The first-order valence-corrected chi connectivity index (χ1v) is 12.8. The number of nitrogen functional groups attached to an aromatic ring is 1. The smallest absolute Gasteiger partial charge is 0.352 e. The van der Waals surface area contributed by atoms with Gasteiger partial charge in [0.05, 0.1) is 5.69 Å². The molecule has 0 radical (unpaired) electrons. The maximum Gasteiger partial charge on any atom is 0.352 e. The van der Waals surface area contributed by atoms with Crippen LogP contribution in [0.2, 0.25) is 0 Å². The highest BCUT2D eigenvalue weighted by molar-refractivity contribution is 8.00. The van der Waals surface area contributed by atoms with Gasteiger partial charge in [-0.2, -0.15) is 0 Å². The molecule has 4 N–H and O–H groups in total. The molecule has 0 aliphatic carbocycles. The van der Waals surface area contributed by atoms with Crippen LogP contribution in [0, 0.1) is 11.8 Å². The Bertz CT molecular complexity index is 1400. The number of carbonyl (C=O) groups excluding carboxylic acids is 3. The number of anilines is 2. The van der Waals surface area contributed by atoms with E-state index >= 15 is 0 Å². The predicted molar refractivity (Wildman–Crippen MR) is 131 cm³/mol. The van der Waals surface area contributed by atoms with Crippen molar-refractivity contribution in [3.8, 4) is 0 Å². The van der Waals surface area contributed by atoms with Crippen molar-refractivity contribution in [3.63, 3.8) is 0 Å². The third kappa shape index (κ3) is 4.27. The van der Waals surface area contributed by atoms with Gasteiger partial charge >= 0.3 is 5.97 Å². The van der Waals surface area contributed by atoms with Gasteiger partial charge in [-0.25, -0.2) is 9.78 Å². The molecule has 14 nitrogen and oxygen atoms in total. The Labute approximate surface area is 216 Å². The summed E-state index contributed by atoms with van der Waals surface area (Å²) in [6.45, 7) is 2.06. The van der Waals surface area contributed by atoms with Gasteiger partial charge in [-0.1, -0.05) is 5.16 Å². The van der Waals surface area contributed by atoms with Crippen LogP contribution in [0.4, 0.5) is 10.9 Å². The second-order valence-electron chi connectivity index (χ2n) is 8.37. The third-order valence-electron chi connectivity index (χ3n) is 6.04. The molecule has 16 heteroatoms.